The zero-order valence-electron chi connectivity index (χ0n) is 22.3. The van der Waals surface area contributed by atoms with E-state index in [2.05, 4.69) is 34.8 Å². The Bertz CT molecular complexity index is 1750. The van der Waals surface area contributed by atoms with E-state index in [1.807, 2.05) is 73.7 Å². The summed E-state index contributed by atoms with van der Waals surface area (Å²) < 4.78 is 6.62. The molecule has 205 valence electrons. The third-order valence-corrected chi connectivity index (χ3v) is 7.42. The Morgan fingerprint density at radius 3 is 2.42 bits per heavy atom. The van der Waals surface area contributed by atoms with Crippen molar-refractivity contribution in [3.8, 4) is 10.6 Å². The third-order valence-electron chi connectivity index (χ3n) is 6.37. The van der Waals surface area contributed by atoms with Gasteiger partial charge in [-0.15, -0.1) is 12.1 Å². The predicted molar refractivity (Wildman–Crippen MR) is 158 cm³/mol. The molecule has 0 amide bonds. The monoisotopic (exact) mass is 726 g/mol. The van der Waals surface area contributed by atoms with E-state index < -0.39 is 5.63 Å². The first-order valence-corrected chi connectivity index (χ1v) is 13.6. The van der Waals surface area contributed by atoms with E-state index >= 15 is 0 Å². The first-order valence-electron chi connectivity index (χ1n) is 12.8. The number of carbonyl (C=O) groups excluding carboxylic acids is 1. The van der Waals surface area contributed by atoms with Crippen LogP contribution < -0.4 is 15.5 Å². The van der Waals surface area contributed by atoms with E-state index in [-0.39, 0.29) is 25.9 Å². The molecule has 8 heteroatoms. The summed E-state index contributed by atoms with van der Waals surface area (Å²) in [6, 6.07) is 27.9. The molecular weight excluding hydrogens is 699 g/mol. The topological polar surface area (TPSA) is 77.5 Å². The third kappa shape index (κ3) is 6.31. The summed E-state index contributed by atoms with van der Waals surface area (Å²) in [6.45, 7) is 8.01. The molecule has 0 unspecified atom stereocenters. The van der Waals surface area contributed by atoms with Gasteiger partial charge in [-0.1, -0.05) is 71.2 Å². The Labute approximate surface area is 250 Å². The molecule has 6 aromatic rings. The molecule has 0 aliphatic carbocycles. The molecule has 40 heavy (non-hydrogen) atoms. The van der Waals surface area contributed by atoms with Crippen LogP contribution in [-0.4, -0.2) is 23.9 Å². The fourth-order valence-corrected chi connectivity index (χ4v) is 5.18. The summed E-state index contributed by atoms with van der Waals surface area (Å²) in [6.07, 6.45) is 1.63. The van der Waals surface area contributed by atoms with E-state index in [4.69, 9.17) is 4.42 Å². The summed E-state index contributed by atoms with van der Waals surface area (Å²) in [5.74, 6) is -0.0185. The molecular formula is C32H27IrN3O3S-2. The predicted octanol–water partition coefficient (Wildman–Crippen LogP) is 6.90. The summed E-state index contributed by atoms with van der Waals surface area (Å²) in [4.78, 5) is 35.0. The van der Waals surface area contributed by atoms with Crippen molar-refractivity contribution in [3.05, 3.63) is 118 Å². The normalized spacial score (nSPS) is 10.6. The Hall–Kier alpha value is -3.84. The summed E-state index contributed by atoms with van der Waals surface area (Å²) in [7, 11) is 0. The van der Waals surface area contributed by atoms with Gasteiger partial charge in [-0.25, -0.2) is 0 Å². The molecule has 3 aromatic carbocycles. The number of aryl methyl sites for hydroxylation is 1. The van der Waals surface area contributed by atoms with Crippen molar-refractivity contribution in [1.29, 1.82) is 0 Å². The first-order chi connectivity index (χ1) is 19.0. The van der Waals surface area contributed by atoms with Crippen molar-refractivity contribution in [1.82, 2.24) is 9.97 Å². The number of hydrogen-bond acceptors (Lipinski definition) is 6. The quantitative estimate of drug-likeness (QED) is 0.106. The minimum Gasteiger partial charge on any atom is -0.661 e. The second kappa shape index (κ2) is 13.0. The molecule has 0 bridgehead atoms. The van der Waals surface area contributed by atoms with Gasteiger partial charge in [0.25, 0.3) is 5.63 Å². The van der Waals surface area contributed by atoms with Crippen molar-refractivity contribution < 1.29 is 29.3 Å². The average molecular weight is 726 g/mol. The molecule has 6 nitrogen and oxygen atoms in total. The molecule has 0 aliphatic heterocycles. The average Bonchev–Trinajstić information content (AvgIpc) is 3.64. The summed E-state index contributed by atoms with van der Waals surface area (Å²) >= 11 is 1.48. The maximum atomic E-state index is 12.5. The largest absolute Gasteiger partial charge is 0.661 e. The van der Waals surface area contributed by atoms with Crippen LogP contribution in [0.1, 0.15) is 35.5 Å². The van der Waals surface area contributed by atoms with E-state index in [0.29, 0.717) is 27.4 Å². The van der Waals surface area contributed by atoms with Gasteiger partial charge < -0.3 is 14.3 Å². The molecule has 3 heterocycles. The number of nitrogens with zero attached hydrogens (tertiary/aromatic N) is 3. The smallest absolute Gasteiger partial charge is 0.269 e. The molecule has 0 saturated carbocycles. The van der Waals surface area contributed by atoms with E-state index in [1.165, 1.54) is 11.3 Å². The van der Waals surface area contributed by atoms with Gasteiger partial charge in [0.15, 0.2) is 5.78 Å². The van der Waals surface area contributed by atoms with Crippen LogP contribution in [0.25, 0.3) is 31.8 Å². The van der Waals surface area contributed by atoms with Crippen LogP contribution in [0.2, 0.25) is 0 Å². The van der Waals surface area contributed by atoms with Crippen molar-refractivity contribution in [3.63, 3.8) is 0 Å². The molecule has 0 spiro atoms. The number of ketones is 1. The molecule has 0 aliphatic rings. The molecule has 1 radical (unpaired) electrons. The van der Waals surface area contributed by atoms with Gasteiger partial charge in [0.1, 0.15) is 0 Å². The van der Waals surface area contributed by atoms with Crippen molar-refractivity contribution in [2.45, 2.75) is 20.8 Å². The minimum atomic E-state index is -0.400. The maximum Gasteiger partial charge on any atom is 0.269 e. The van der Waals surface area contributed by atoms with Crippen LogP contribution >= 0.6 is 11.3 Å². The van der Waals surface area contributed by atoms with Crippen molar-refractivity contribution >= 4 is 44.0 Å². The summed E-state index contributed by atoms with van der Waals surface area (Å²) in [5, 5.41) is 1.43. The number of fused-ring (bicyclic) bond motifs is 2. The van der Waals surface area contributed by atoms with Gasteiger partial charge >= 0.3 is 0 Å². The van der Waals surface area contributed by atoms with Crippen LogP contribution in [0.3, 0.4) is 0 Å². The molecule has 0 fully saturated rings. The van der Waals surface area contributed by atoms with Gasteiger partial charge in [-0.2, -0.15) is 17.5 Å². The number of hydrogen-bond donors (Lipinski definition) is 0. The fraction of sp³-hybridized carbons (Fsp3) is 0.156. The van der Waals surface area contributed by atoms with Gasteiger partial charge in [-0.3, -0.25) is 14.6 Å². The number of carbonyl (C=O) groups is 1. The van der Waals surface area contributed by atoms with E-state index in [9.17, 15) is 9.59 Å². The van der Waals surface area contributed by atoms with Gasteiger partial charge in [0.05, 0.1) is 16.1 Å². The molecule has 0 atom stereocenters. The number of thiazole rings is 1. The van der Waals surface area contributed by atoms with Crippen molar-refractivity contribution in [2.75, 3.05) is 18.0 Å². The number of para-hydroxylation sites is 1. The van der Waals surface area contributed by atoms with Crippen LogP contribution in [0.5, 0.6) is 0 Å². The molecule has 0 saturated heterocycles. The van der Waals surface area contributed by atoms with E-state index in [1.54, 1.807) is 18.3 Å². The zero-order valence-corrected chi connectivity index (χ0v) is 25.5. The number of benzene rings is 3. The minimum absolute atomic E-state index is 0. The second-order valence-electron chi connectivity index (χ2n) is 8.95. The number of rotatable bonds is 6. The summed E-state index contributed by atoms with van der Waals surface area (Å²) in [5.41, 5.74) is 4.82. The van der Waals surface area contributed by atoms with Crippen LogP contribution in [0.15, 0.2) is 94.3 Å². The second-order valence-corrected chi connectivity index (χ2v) is 9.98. The molecule has 3 aromatic heterocycles. The Morgan fingerprint density at radius 1 is 1.00 bits per heavy atom. The van der Waals surface area contributed by atoms with Gasteiger partial charge in [0, 0.05) is 49.1 Å². The van der Waals surface area contributed by atoms with E-state index in [0.717, 1.165) is 39.9 Å². The Kier molecular flexibility index (Phi) is 9.48. The number of aromatic nitrogens is 2. The van der Waals surface area contributed by atoms with Crippen molar-refractivity contribution in [2.24, 2.45) is 0 Å². The Morgan fingerprint density at radius 2 is 1.75 bits per heavy atom. The van der Waals surface area contributed by atoms with Gasteiger partial charge in [-0.05, 0) is 44.5 Å². The maximum absolute atomic E-state index is 12.5. The van der Waals surface area contributed by atoms with Crippen LogP contribution in [-0.2, 0) is 20.1 Å². The van der Waals surface area contributed by atoms with Gasteiger partial charge in [0.2, 0.25) is 0 Å². The van der Waals surface area contributed by atoms with Crippen LogP contribution in [0, 0.1) is 13.0 Å². The molecule has 0 N–H and O–H groups in total. The zero-order chi connectivity index (χ0) is 27.4. The molecule has 6 rings (SSSR count). The fourth-order valence-electron chi connectivity index (χ4n) is 4.23. The Balaban J connectivity index is 0.000000210. The SMILES string of the molecule is CCN(CC)c1ccc2[c-]c(-c3nc4ccccc4s3)c(=O)oc2c1.Cc1ccc(C(=O)c2ccc[n-]2)cc1.[Ir]. The standard InChI is InChI=1S/C20H17N2O2S.C12H11NO.Ir/c1-3-22(4-2)14-10-9-13-11-15(20(23)24-17(13)12-14)19-21-16-7-5-6-8-18(16)25-19;1-9-4-6-10(7-5-9)12(14)11-3-2-8-13-11;/h5-10,12H,3-4H2,1-2H3;2-8H,1H3,(H,13,14);/q-1;;/p-1. The first kappa shape index (κ1) is 29.1. The number of anilines is 1. The van der Waals surface area contributed by atoms with Crippen LogP contribution in [0.4, 0.5) is 5.69 Å².